The molecule has 4 rings (SSSR count). The lowest BCUT2D eigenvalue weighted by atomic mass is 10.1. The molecule has 3 aromatic rings. The van der Waals surface area contributed by atoms with E-state index in [4.69, 9.17) is 0 Å². The summed E-state index contributed by atoms with van der Waals surface area (Å²) in [6.07, 6.45) is 0. The van der Waals surface area contributed by atoms with Gasteiger partial charge in [-0.1, -0.05) is 54.1 Å². The molecule has 0 fully saturated rings. The molecule has 0 bridgehead atoms. The van der Waals surface area contributed by atoms with Gasteiger partial charge in [0.15, 0.2) is 0 Å². The van der Waals surface area contributed by atoms with Gasteiger partial charge in [0.1, 0.15) is 12.6 Å². The minimum absolute atomic E-state index is 0.133. The van der Waals surface area contributed by atoms with Gasteiger partial charge in [-0.15, -0.1) is 0 Å². The average Bonchev–Trinajstić information content (AvgIpc) is 3.04. The number of hydrogen-bond donors (Lipinski definition) is 1. The Hall–Kier alpha value is -3.67. The minimum Gasteiger partial charge on any atom is -0.350 e. The van der Waals surface area contributed by atoms with Gasteiger partial charge in [0.05, 0.1) is 5.69 Å². The van der Waals surface area contributed by atoms with Crippen LogP contribution in [0, 0.1) is 6.92 Å². The summed E-state index contributed by atoms with van der Waals surface area (Å²) in [6.45, 7) is 9.59. The molecule has 0 unspecified atom stereocenters. The van der Waals surface area contributed by atoms with Gasteiger partial charge >= 0.3 is 0 Å². The van der Waals surface area contributed by atoms with Crippen LogP contribution < -0.4 is 10.2 Å². The van der Waals surface area contributed by atoms with Gasteiger partial charge in [-0.2, -0.15) is 0 Å². The number of carbonyl (C=O) groups is 3. The highest BCUT2D eigenvalue weighted by Crippen LogP contribution is 2.37. The largest absolute Gasteiger partial charge is 0.350 e. The van der Waals surface area contributed by atoms with Crippen LogP contribution in [0.25, 0.3) is 10.8 Å². The van der Waals surface area contributed by atoms with E-state index in [9.17, 15) is 14.4 Å². The Morgan fingerprint density at radius 2 is 1.71 bits per heavy atom. The Labute approximate surface area is 200 Å². The molecule has 3 amide bonds. The maximum Gasteiger partial charge on any atom is 0.259 e. The lowest BCUT2D eigenvalue weighted by Gasteiger charge is -2.32. The second-order valence-corrected chi connectivity index (χ2v) is 10.00. The van der Waals surface area contributed by atoms with Crippen molar-refractivity contribution in [2.24, 2.45) is 0 Å². The molecule has 0 radical (unpaired) electrons. The fraction of sp³-hybridized carbons (Fsp3) is 0.321. The van der Waals surface area contributed by atoms with Crippen molar-refractivity contribution in [2.75, 3.05) is 11.4 Å². The fourth-order valence-electron chi connectivity index (χ4n) is 4.43. The summed E-state index contributed by atoms with van der Waals surface area (Å²) < 4.78 is 0. The van der Waals surface area contributed by atoms with E-state index in [1.807, 2.05) is 82.3 Å². The number of nitrogens with one attached hydrogen (secondary N) is 1. The molecule has 3 aromatic carbocycles. The zero-order valence-electron chi connectivity index (χ0n) is 20.4. The topological polar surface area (TPSA) is 69.7 Å². The molecule has 6 nitrogen and oxygen atoms in total. The van der Waals surface area contributed by atoms with Crippen LogP contribution in [0.2, 0.25) is 0 Å². The molecule has 0 saturated heterocycles. The smallest absolute Gasteiger partial charge is 0.259 e. The quantitative estimate of drug-likeness (QED) is 0.595. The highest BCUT2D eigenvalue weighted by atomic mass is 16.2. The fourth-order valence-corrected chi connectivity index (χ4v) is 4.43. The van der Waals surface area contributed by atoms with Crippen LogP contribution in [-0.2, 0) is 16.1 Å². The van der Waals surface area contributed by atoms with Crippen molar-refractivity contribution in [3.8, 4) is 0 Å². The van der Waals surface area contributed by atoms with E-state index in [0.717, 1.165) is 27.6 Å². The second-order valence-electron chi connectivity index (χ2n) is 10.00. The Morgan fingerprint density at radius 3 is 2.38 bits per heavy atom. The molecule has 34 heavy (non-hydrogen) atoms. The van der Waals surface area contributed by atoms with Crippen molar-refractivity contribution in [1.82, 2.24) is 10.2 Å². The molecule has 0 saturated carbocycles. The first kappa shape index (κ1) is 23.5. The van der Waals surface area contributed by atoms with Gasteiger partial charge in [-0.3, -0.25) is 19.3 Å². The summed E-state index contributed by atoms with van der Waals surface area (Å²) in [5, 5.41) is 4.80. The van der Waals surface area contributed by atoms with Gasteiger partial charge in [0.2, 0.25) is 11.8 Å². The number of hydrogen-bond acceptors (Lipinski definition) is 3. The van der Waals surface area contributed by atoms with Crippen molar-refractivity contribution < 1.29 is 14.4 Å². The summed E-state index contributed by atoms with van der Waals surface area (Å²) in [5.74, 6) is -0.703. The molecule has 6 heteroatoms. The van der Waals surface area contributed by atoms with E-state index < -0.39 is 11.6 Å². The third kappa shape index (κ3) is 4.67. The number of carbonyl (C=O) groups excluding carboxylic acids is 3. The molecular formula is C28H31N3O3. The van der Waals surface area contributed by atoms with Crippen LogP contribution in [0.15, 0.2) is 60.7 Å². The minimum atomic E-state index is -0.705. The van der Waals surface area contributed by atoms with Crippen molar-refractivity contribution in [3.05, 3.63) is 77.4 Å². The third-order valence-corrected chi connectivity index (χ3v) is 6.04. The van der Waals surface area contributed by atoms with Gasteiger partial charge in [0.25, 0.3) is 5.91 Å². The van der Waals surface area contributed by atoms with Crippen molar-refractivity contribution in [3.63, 3.8) is 0 Å². The number of aryl methyl sites for hydroxylation is 1. The van der Waals surface area contributed by atoms with E-state index in [1.165, 1.54) is 4.90 Å². The summed E-state index contributed by atoms with van der Waals surface area (Å²) >= 11 is 0. The van der Waals surface area contributed by atoms with Crippen LogP contribution in [0.4, 0.5) is 5.69 Å². The Morgan fingerprint density at radius 1 is 1.03 bits per heavy atom. The highest BCUT2D eigenvalue weighted by molar-refractivity contribution is 6.26. The maximum atomic E-state index is 13.7. The first-order valence-corrected chi connectivity index (χ1v) is 11.6. The van der Waals surface area contributed by atoms with Gasteiger partial charge in [0, 0.05) is 23.0 Å². The van der Waals surface area contributed by atoms with E-state index in [-0.39, 0.29) is 30.8 Å². The SMILES string of the molecule is Cc1cccc(CN(C(=O)CN2C(=O)c3cccc4cccc2c34)[C@H](C)C(=O)NC(C)(C)C)c1. The Bertz CT molecular complexity index is 1270. The van der Waals surface area contributed by atoms with Crippen molar-refractivity contribution in [1.29, 1.82) is 0 Å². The zero-order chi connectivity index (χ0) is 24.6. The first-order valence-electron chi connectivity index (χ1n) is 11.6. The predicted molar refractivity (Wildman–Crippen MR) is 135 cm³/mol. The van der Waals surface area contributed by atoms with Crippen LogP contribution in [0.3, 0.4) is 0 Å². The van der Waals surface area contributed by atoms with E-state index in [0.29, 0.717) is 5.56 Å². The number of anilines is 1. The number of nitrogens with zero attached hydrogens (tertiary/aromatic N) is 2. The molecule has 1 aliphatic rings. The number of rotatable bonds is 6. The number of benzene rings is 3. The third-order valence-electron chi connectivity index (χ3n) is 6.04. The molecule has 0 aliphatic carbocycles. The van der Waals surface area contributed by atoms with Crippen LogP contribution in [0.5, 0.6) is 0 Å². The van der Waals surface area contributed by atoms with Gasteiger partial charge < -0.3 is 10.2 Å². The molecule has 1 atom stereocenters. The van der Waals surface area contributed by atoms with E-state index >= 15 is 0 Å². The standard InChI is InChI=1S/C28H31N3O3/c1-18-9-6-10-20(15-18)16-30(19(2)26(33)29-28(3,4)5)24(32)17-31-23-14-8-12-21-11-7-13-22(25(21)23)27(31)34/h6-15,19H,16-17H2,1-5H3,(H,29,33)/t19-/m1/s1. The zero-order valence-corrected chi connectivity index (χ0v) is 20.4. The van der Waals surface area contributed by atoms with Crippen LogP contribution in [0.1, 0.15) is 49.2 Å². The predicted octanol–water partition coefficient (Wildman–Crippen LogP) is 4.44. The Balaban J connectivity index is 1.63. The monoisotopic (exact) mass is 457 g/mol. The molecular weight excluding hydrogens is 426 g/mol. The highest BCUT2D eigenvalue weighted by Gasteiger charge is 2.34. The van der Waals surface area contributed by atoms with Crippen molar-refractivity contribution >= 4 is 34.2 Å². The molecule has 0 spiro atoms. The van der Waals surface area contributed by atoms with E-state index in [2.05, 4.69) is 5.32 Å². The van der Waals surface area contributed by atoms with Gasteiger partial charge in [-0.25, -0.2) is 0 Å². The summed E-state index contributed by atoms with van der Waals surface area (Å²) in [7, 11) is 0. The lowest BCUT2D eigenvalue weighted by Crippen LogP contribution is -2.54. The summed E-state index contributed by atoms with van der Waals surface area (Å²) in [6, 6.07) is 18.5. The van der Waals surface area contributed by atoms with Gasteiger partial charge in [-0.05, 0) is 57.7 Å². The average molecular weight is 458 g/mol. The van der Waals surface area contributed by atoms with Crippen molar-refractivity contribution in [2.45, 2.75) is 52.7 Å². The molecule has 176 valence electrons. The normalized spacial score (nSPS) is 13.8. The van der Waals surface area contributed by atoms with Crippen LogP contribution >= 0.6 is 0 Å². The second kappa shape index (κ2) is 8.93. The number of amides is 3. The molecule has 1 N–H and O–H groups in total. The molecule has 1 heterocycles. The van der Waals surface area contributed by atoms with Crippen LogP contribution in [-0.4, -0.2) is 40.7 Å². The summed E-state index contributed by atoms with van der Waals surface area (Å²) in [5.41, 5.74) is 2.92. The Kier molecular flexibility index (Phi) is 6.17. The lowest BCUT2D eigenvalue weighted by molar-refractivity contribution is -0.140. The first-order chi connectivity index (χ1) is 16.0. The summed E-state index contributed by atoms with van der Waals surface area (Å²) in [4.78, 5) is 43.0. The molecule has 0 aromatic heterocycles. The van der Waals surface area contributed by atoms with E-state index in [1.54, 1.807) is 17.9 Å². The molecule has 1 aliphatic heterocycles. The maximum absolute atomic E-state index is 13.7.